The molecule has 5 nitrogen and oxygen atoms in total. The van der Waals surface area contributed by atoms with Crippen LogP contribution >= 0.6 is 0 Å². The van der Waals surface area contributed by atoms with Gasteiger partial charge in [0.2, 0.25) is 0 Å². The molecule has 0 aliphatic rings. The molecule has 0 aromatic heterocycles. The summed E-state index contributed by atoms with van der Waals surface area (Å²) in [6, 6.07) is 4.86. The lowest BCUT2D eigenvalue weighted by atomic mass is 9.85. The molecule has 0 unspecified atom stereocenters. The molecule has 104 valence electrons. The van der Waals surface area contributed by atoms with Crippen LogP contribution in [0.2, 0.25) is 0 Å². The van der Waals surface area contributed by atoms with Gasteiger partial charge in [0.05, 0.1) is 19.6 Å². The van der Waals surface area contributed by atoms with Gasteiger partial charge in [0.1, 0.15) is 11.3 Å². The van der Waals surface area contributed by atoms with Crippen LogP contribution in [0.3, 0.4) is 0 Å². The molecule has 0 aliphatic heterocycles. The van der Waals surface area contributed by atoms with Gasteiger partial charge in [-0.05, 0) is 38.0 Å². The van der Waals surface area contributed by atoms with Crippen LogP contribution in [0, 0.1) is 5.41 Å². The second-order valence-corrected chi connectivity index (χ2v) is 4.89. The van der Waals surface area contributed by atoms with E-state index in [9.17, 15) is 9.59 Å². The Kier molecular flexibility index (Phi) is 4.53. The summed E-state index contributed by atoms with van der Waals surface area (Å²) in [4.78, 5) is 22.7. The molecule has 1 N–H and O–H groups in total. The maximum Gasteiger partial charge on any atom is 0.339 e. The van der Waals surface area contributed by atoms with Gasteiger partial charge in [0.25, 0.3) is 0 Å². The summed E-state index contributed by atoms with van der Waals surface area (Å²) in [7, 11) is 2.75. The van der Waals surface area contributed by atoms with Crippen LogP contribution in [-0.4, -0.2) is 31.3 Å². The van der Waals surface area contributed by atoms with Gasteiger partial charge in [-0.2, -0.15) is 0 Å². The van der Waals surface area contributed by atoms with Gasteiger partial charge in [-0.3, -0.25) is 4.79 Å². The predicted octanol–water partition coefficient (Wildman–Crippen LogP) is 2.14. The Labute approximate surface area is 112 Å². The number of benzene rings is 1. The zero-order valence-electron chi connectivity index (χ0n) is 11.5. The van der Waals surface area contributed by atoms with Crippen molar-refractivity contribution >= 4 is 11.9 Å². The van der Waals surface area contributed by atoms with Crippen molar-refractivity contribution in [2.24, 2.45) is 5.41 Å². The highest BCUT2D eigenvalue weighted by molar-refractivity contribution is 5.91. The van der Waals surface area contributed by atoms with Crippen LogP contribution in [0.25, 0.3) is 0 Å². The van der Waals surface area contributed by atoms with Gasteiger partial charge in [-0.1, -0.05) is 6.07 Å². The van der Waals surface area contributed by atoms with Crippen LogP contribution in [0.5, 0.6) is 5.75 Å². The van der Waals surface area contributed by atoms with E-state index < -0.39 is 11.4 Å². The number of ether oxygens (including phenoxy) is 2. The molecule has 1 aromatic carbocycles. The molecule has 5 heteroatoms. The van der Waals surface area contributed by atoms with Crippen molar-refractivity contribution in [1.82, 2.24) is 0 Å². The molecule has 0 spiro atoms. The number of carbonyl (C=O) groups is 2. The average Bonchev–Trinajstić information content (AvgIpc) is 2.37. The highest BCUT2D eigenvalue weighted by Gasteiger charge is 2.29. The van der Waals surface area contributed by atoms with Gasteiger partial charge in [-0.25, -0.2) is 4.79 Å². The summed E-state index contributed by atoms with van der Waals surface area (Å²) >= 11 is 0. The van der Waals surface area contributed by atoms with Crippen LogP contribution in [0.4, 0.5) is 0 Å². The van der Waals surface area contributed by atoms with Gasteiger partial charge < -0.3 is 14.6 Å². The molecule has 19 heavy (non-hydrogen) atoms. The molecule has 0 aliphatic carbocycles. The minimum absolute atomic E-state index is 0.0839. The topological polar surface area (TPSA) is 72.8 Å². The highest BCUT2D eigenvalue weighted by Crippen LogP contribution is 2.27. The molecule has 0 fully saturated rings. The molecule has 0 heterocycles. The SMILES string of the molecule is COC(=O)C(C)(C)Cc1ccc(OC)c(C(=O)O)c1. The monoisotopic (exact) mass is 266 g/mol. The van der Waals surface area contributed by atoms with Gasteiger partial charge in [-0.15, -0.1) is 0 Å². The lowest BCUT2D eigenvalue weighted by Crippen LogP contribution is -2.28. The first-order valence-electron chi connectivity index (χ1n) is 5.80. The predicted molar refractivity (Wildman–Crippen MR) is 69.5 cm³/mol. The first-order chi connectivity index (χ1) is 8.81. The highest BCUT2D eigenvalue weighted by atomic mass is 16.5. The first-order valence-corrected chi connectivity index (χ1v) is 5.80. The quantitative estimate of drug-likeness (QED) is 0.826. The first kappa shape index (κ1) is 15.0. The zero-order valence-corrected chi connectivity index (χ0v) is 11.5. The number of carbonyl (C=O) groups excluding carboxylic acids is 1. The third-order valence-electron chi connectivity index (χ3n) is 2.88. The molecular weight excluding hydrogens is 248 g/mol. The molecule has 0 bridgehead atoms. The van der Waals surface area contributed by atoms with Crippen LogP contribution in [0.15, 0.2) is 18.2 Å². The van der Waals surface area contributed by atoms with Crippen molar-refractivity contribution in [1.29, 1.82) is 0 Å². The Morgan fingerprint density at radius 1 is 1.26 bits per heavy atom. The molecule has 0 saturated heterocycles. The molecule has 0 atom stereocenters. The lowest BCUT2D eigenvalue weighted by molar-refractivity contribution is -0.150. The van der Waals surface area contributed by atoms with E-state index in [0.29, 0.717) is 12.2 Å². The van der Waals surface area contributed by atoms with E-state index in [1.807, 2.05) is 0 Å². The van der Waals surface area contributed by atoms with Crippen LogP contribution < -0.4 is 4.74 Å². The lowest BCUT2D eigenvalue weighted by Gasteiger charge is -2.21. The largest absolute Gasteiger partial charge is 0.496 e. The van der Waals surface area contributed by atoms with Gasteiger partial charge in [0, 0.05) is 0 Å². The maximum absolute atomic E-state index is 11.6. The zero-order chi connectivity index (χ0) is 14.6. The van der Waals surface area contributed by atoms with Gasteiger partial charge >= 0.3 is 11.9 Å². The van der Waals surface area contributed by atoms with E-state index in [0.717, 1.165) is 5.56 Å². The summed E-state index contributed by atoms with van der Waals surface area (Å²) in [5.74, 6) is -1.10. The fourth-order valence-corrected chi connectivity index (χ4v) is 1.89. The fourth-order valence-electron chi connectivity index (χ4n) is 1.89. The molecule has 0 amide bonds. The number of aromatic carboxylic acids is 1. The number of carboxylic acid groups (broad SMARTS) is 1. The van der Waals surface area contributed by atoms with E-state index in [2.05, 4.69) is 0 Å². The Morgan fingerprint density at radius 2 is 1.89 bits per heavy atom. The minimum atomic E-state index is -1.06. The third kappa shape index (κ3) is 3.47. The number of esters is 1. The van der Waals surface area contributed by atoms with Gasteiger partial charge in [0.15, 0.2) is 0 Å². The van der Waals surface area contributed by atoms with Crippen LogP contribution in [-0.2, 0) is 16.0 Å². The normalized spacial score (nSPS) is 10.9. The van der Waals surface area contributed by atoms with E-state index in [-0.39, 0.29) is 11.5 Å². The minimum Gasteiger partial charge on any atom is -0.496 e. The Morgan fingerprint density at radius 3 is 2.37 bits per heavy atom. The number of hydrogen-bond donors (Lipinski definition) is 1. The number of methoxy groups -OCH3 is 2. The summed E-state index contributed by atoms with van der Waals surface area (Å²) in [5.41, 5.74) is 0.119. The number of carboxylic acids is 1. The van der Waals surface area contributed by atoms with Crippen molar-refractivity contribution < 1.29 is 24.2 Å². The Hall–Kier alpha value is -2.04. The van der Waals surface area contributed by atoms with E-state index >= 15 is 0 Å². The summed E-state index contributed by atoms with van der Waals surface area (Å²) < 4.78 is 9.72. The Bertz CT molecular complexity index is 491. The standard InChI is InChI=1S/C14H18O5/c1-14(2,13(17)19-4)8-9-5-6-11(18-3)10(7-9)12(15)16/h5-7H,8H2,1-4H3,(H,15,16). The van der Waals surface area contributed by atoms with Crippen molar-refractivity contribution in [3.63, 3.8) is 0 Å². The van der Waals surface area contributed by atoms with E-state index in [1.54, 1.807) is 26.0 Å². The second kappa shape index (κ2) is 5.73. The number of hydrogen-bond acceptors (Lipinski definition) is 4. The van der Waals surface area contributed by atoms with Crippen LogP contribution in [0.1, 0.15) is 29.8 Å². The van der Waals surface area contributed by atoms with E-state index in [4.69, 9.17) is 14.6 Å². The molecule has 1 aromatic rings. The van der Waals surface area contributed by atoms with Crippen molar-refractivity contribution in [3.8, 4) is 5.75 Å². The molecule has 0 saturated carbocycles. The molecule has 1 rings (SSSR count). The smallest absolute Gasteiger partial charge is 0.339 e. The van der Waals surface area contributed by atoms with Crippen molar-refractivity contribution in [2.45, 2.75) is 20.3 Å². The summed E-state index contributed by atoms with van der Waals surface area (Å²) in [6.45, 7) is 3.51. The fraction of sp³-hybridized carbons (Fsp3) is 0.429. The Balaban J connectivity index is 3.07. The third-order valence-corrected chi connectivity index (χ3v) is 2.88. The summed E-state index contributed by atoms with van der Waals surface area (Å²) in [5, 5.41) is 9.10. The number of rotatable bonds is 5. The molecular formula is C14H18O5. The molecule has 0 radical (unpaired) electrons. The summed E-state index contributed by atoms with van der Waals surface area (Å²) in [6.07, 6.45) is 0.393. The van der Waals surface area contributed by atoms with Crippen molar-refractivity contribution in [3.05, 3.63) is 29.3 Å². The second-order valence-electron chi connectivity index (χ2n) is 4.89. The maximum atomic E-state index is 11.6. The van der Waals surface area contributed by atoms with E-state index in [1.165, 1.54) is 20.3 Å². The van der Waals surface area contributed by atoms with Crippen molar-refractivity contribution in [2.75, 3.05) is 14.2 Å². The average molecular weight is 266 g/mol.